The molecule has 0 saturated heterocycles. The molecule has 0 aliphatic heterocycles. The Balaban J connectivity index is 1.63. The average Bonchev–Trinajstić information content (AvgIpc) is 2.66. The van der Waals surface area contributed by atoms with Crippen LogP contribution < -0.4 is 5.32 Å². The maximum absolute atomic E-state index is 12.2. The summed E-state index contributed by atoms with van der Waals surface area (Å²) >= 11 is 0. The van der Waals surface area contributed by atoms with Gasteiger partial charge < -0.3 is 10.1 Å². The van der Waals surface area contributed by atoms with E-state index in [1.165, 1.54) is 23.8 Å². The number of carbonyl (C=O) groups excluding carboxylic acids is 2. The number of fused-ring (bicyclic) bond motifs is 1. The summed E-state index contributed by atoms with van der Waals surface area (Å²) in [5.41, 5.74) is 2.23. The minimum atomic E-state index is -3.57. The van der Waals surface area contributed by atoms with Crippen LogP contribution >= 0.6 is 0 Å². The molecule has 0 spiro atoms. The summed E-state index contributed by atoms with van der Waals surface area (Å²) in [6.07, 6.45) is 3.81. The van der Waals surface area contributed by atoms with Crippen LogP contribution in [0.25, 0.3) is 0 Å². The molecular weight excluding hydrogens is 366 g/mol. The molecule has 2 aromatic carbocycles. The fourth-order valence-corrected chi connectivity index (χ4v) is 4.18. The minimum Gasteiger partial charge on any atom is -0.452 e. The number of nitrogens with one attached hydrogen (secondary N) is 1. The first-order valence-electron chi connectivity index (χ1n) is 8.69. The number of hydrogen-bond donors (Lipinski definition) is 1. The van der Waals surface area contributed by atoms with Crippen molar-refractivity contribution >= 4 is 21.7 Å². The first-order valence-corrected chi connectivity index (χ1v) is 10.6. The van der Waals surface area contributed by atoms with E-state index in [-0.39, 0.29) is 16.5 Å². The van der Waals surface area contributed by atoms with Gasteiger partial charge in [0.15, 0.2) is 16.4 Å². The monoisotopic (exact) mass is 387 g/mol. The summed E-state index contributed by atoms with van der Waals surface area (Å²) < 4.78 is 28.6. The van der Waals surface area contributed by atoms with Gasteiger partial charge in [0.25, 0.3) is 5.91 Å². The Morgan fingerprint density at radius 2 is 1.81 bits per heavy atom. The van der Waals surface area contributed by atoms with Gasteiger partial charge in [-0.3, -0.25) is 4.79 Å². The van der Waals surface area contributed by atoms with Crippen LogP contribution in [-0.4, -0.2) is 33.2 Å². The molecule has 0 heterocycles. The molecule has 1 amide bonds. The number of carbonyl (C=O) groups is 2. The highest BCUT2D eigenvalue weighted by atomic mass is 32.2. The lowest BCUT2D eigenvalue weighted by Crippen LogP contribution is -2.34. The third-order valence-electron chi connectivity index (χ3n) is 4.55. The van der Waals surface area contributed by atoms with Crippen molar-refractivity contribution in [1.82, 2.24) is 5.32 Å². The maximum Gasteiger partial charge on any atom is 0.339 e. The minimum absolute atomic E-state index is 0.0733. The number of aryl methyl sites for hydroxylation is 1. The molecule has 1 unspecified atom stereocenters. The van der Waals surface area contributed by atoms with Crippen molar-refractivity contribution in [2.24, 2.45) is 0 Å². The third-order valence-corrected chi connectivity index (χ3v) is 5.70. The highest BCUT2D eigenvalue weighted by Crippen LogP contribution is 2.29. The zero-order valence-electron chi connectivity index (χ0n) is 15.0. The Morgan fingerprint density at radius 1 is 1.11 bits per heavy atom. The molecule has 1 aliphatic rings. The van der Waals surface area contributed by atoms with Gasteiger partial charge in [0, 0.05) is 6.26 Å². The molecule has 6 nitrogen and oxygen atoms in total. The largest absolute Gasteiger partial charge is 0.452 e. The summed E-state index contributed by atoms with van der Waals surface area (Å²) in [7, 11) is -3.57. The maximum atomic E-state index is 12.2. The summed E-state index contributed by atoms with van der Waals surface area (Å²) in [6.45, 7) is -0.463. The van der Waals surface area contributed by atoms with Crippen LogP contribution in [0.1, 0.15) is 40.4 Å². The molecule has 0 saturated carbocycles. The van der Waals surface area contributed by atoms with Crippen LogP contribution in [0.2, 0.25) is 0 Å². The predicted octanol–water partition coefficient (Wildman–Crippen LogP) is 2.44. The van der Waals surface area contributed by atoms with Gasteiger partial charge in [-0.15, -0.1) is 0 Å². The van der Waals surface area contributed by atoms with Gasteiger partial charge in [-0.05, 0) is 42.5 Å². The number of sulfone groups is 1. The Hall–Kier alpha value is -2.67. The Morgan fingerprint density at radius 3 is 2.59 bits per heavy atom. The van der Waals surface area contributed by atoms with Crippen LogP contribution in [0.3, 0.4) is 0 Å². The van der Waals surface area contributed by atoms with E-state index in [2.05, 4.69) is 11.4 Å². The van der Waals surface area contributed by atoms with E-state index in [1.807, 2.05) is 18.2 Å². The average molecular weight is 387 g/mol. The number of hydrogen-bond acceptors (Lipinski definition) is 5. The van der Waals surface area contributed by atoms with Gasteiger partial charge in [0.1, 0.15) is 0 Å². The van der Waals surface area contributed by atoms with Crippen molar-refractivity contribution < 1.29 is 22.7 Å². The topological polar surface area (TPSA) is 89.5 Å². The second kappa shape index (κ2) is 7.92. The summed E-state index contributed by atoms with van der Waals surface area (Å²) in [6, 6.07) is 13.6. The molecule has 27 heavy (non-hydrogen) atoms. The van der Waals surface area contributed by atoms with E-state index >= 15 is 0 Å². The number of amides is 1. The van der Waals surface area contributed by atoms with Gasteiger partial charge in [-0.2, -0.15) is 0 Å². The molecule has 7 heteroatoms. The van der Waals surface area contributed by atoms with Crippen LogP contribution in [0, 0.1) is 0 Å². The molecule has 0 aromatic heterocycles. The van der Waals surface area contributed by atoms with Gasteiger partial charge in [0.2, 0.25) is 0 Å². The number of benzene rings is 2. The number of ether oxygens (including phenoxy) is 1. The molecule has 3 rings (SSSR count). The smallest absolute Gasteiger partial charge is 0.339 e. The van der Waals surface area contributed by atoms with Crippen molar-refractivity contribution in [1.29, 1.82) is 0 Å². The van der Waals surface area contributed by atoms with E-state index in [4.69, 9.17) is 4.74 Å². The highest BCUT2D eigenvalue weighted by Gasteiger charge is 2.23. The standard InChI is InChI=1S/C20H21NO5S/c1-27(24,25)18-12-5-4-10-16(18)20(23)26-13-19(22)21-17-11-6-8-14-7-2-3-9-15(14)17/h2-5,7,9-10,12,17H,6,8,11,13H2,1H3,(H,21,22). The molecule has 1 N–H and O–H groups in total. The van der Waals surface area contributed by atoms with Gasteiger partial charge in [-0.1, -0.05) is 36.4 Å². The SMILES string of the molecule is CS(=O)(=O)c1ccccc1C(=O)OCC(=O)NC1CCCc2ccccc21. The zero-order valence-corrected chi connectivity index (χ0v) is 15.8. The third kappa shape index (κ3) is 4.54. The van der Waals surface area contributed by atoms with E-state index in [1.54, 1.807) is 6.07 Å². The number of esters is 1. The van der Waals surface area contributed by atoms with E-state index < -0.39 is 28.3 Å². The molecule has 2 aromatic rings. The van der Waals surface area contributed by atoms with Crippen molar-refractivity contribution in [2.75, 3.05) is 12.9 Å². The van der Waals surface area contributed by atoms with E-state index in [0.717, 1.165) is 31.1 Å². The van der Waals surface area contributed by atoms with Crippen LogP contribution in [0.5, 0.6) is 0 Å². The lowest BCUT2D eigenvalue weighted by Gasteiger charge is -2.26. The van der Waals surface area contributed by atoms with Crippen LogP contribution in [-0.2, 0) is 25.8 Å². The Bertz CT molecular complexity index is 968. The Kier molecular flexibility index (Phi) is 5.60. The Labute approximate surface area is 158 Å². The first kappa shape index (κ1) is 19.1. The van der Waals surface area contributed by atoms with Gasteiger partial charge in [-0.25, -0.2) is 13.2 Å². The molecule has 1 aliphatic carbocycles. The van der Waals surface area contributed by atoms with Gasteiger partial charge in [0.05, 0.1) is 16.5 Å². The molecule has 0 radical (unpaired) electrons. The molecule has 1 atom stereocenters. The summed E-state index contributed by atoms with van der Waals surface area (Å²) in [4.78, 5) is 24.4. The molecular formula is C20H21NO5S. The number of rotatable bonds is 5. The highest BCUT2D eigenvalue weighted by molar-refractivity contribution is 7.90. The van der Waals surface area contributed by atoms with E-state index in [0.29, 0.717) is 0 Å². The fourth-order valence-electron chi connectivity index (χ4n) is 3.31. The van der Waals surface area contributed by atoms with Crippen molar-refractivity contribution in [3.63, 3.8) is 0 Å². The molecule has 0 fully saturated rings. The first-order chi connectivity index (χ1) is 12.9. The van der Waals surface area contributed by atoms with Crippen LogP contribution in [0.15, 0.2) is 53.4 Å². The predicted molar refractivity (Wildman–Crippen MR) is 100 cm³/mol. The van der Waals surface area contributed by atoms with E-state index in [9.17, 15) is 18.0 Å². The van der Waals surface area contributed by atoms with Gasteiger partial charge >= 0.3 is 5.97 Å². The lowest BCUT2D eigenvalue weighted by molar-refractivity contribution is -0.125. The molecule has 0 bridgehead atoms. The summed E-state index contributed by atoms with van der Waals surface area (Å²) in [5, 5.41) is 2.89. The molecule has 142 valence electrons. The quantitative estimate of drug-likeness (QED) is 0.796. The van der Waals surface area contributed by atoms with Crippen molar-refractivity contribution in [3.05, 3.63) is 65.2 Å². The second-order valence-corrected chi connectivity index (χ2v) is 8.54. The lowest BCUT2D eigenvalue weighted by atomic mass is 9.88. The van der Waals surface area contributed by atoms with Crippen molar-refractivity contribution in [2.45, 2.75) is 30.2 Å². The van der Waals surface area contributed by atoms with Crippen molar-refractivity contribution in [3.8, 4) is 0 Å². The normalized spacial score (nSPS) is 16.3. The second-order valence-electron chi connectivity index (χ2n) is 6.56. The summed E-state index contributed by atoms with van der Waals surface area (Å²) in [5.74, 6) is -1.25. The fraction of sp³-hybridized carbons (Fsp3) is 0.300. The zero-order chi connectivity index (χ0) is 19.4. The van der Waals surface area contributed by atoms with Crippen LogP contribution in [0.4, 0.5) is 0 Å².